The lowest BCUT2D eigenvalue weighted by molar-refractivity contribution is -0.157. The summed E-state index contributed by atoms with van der Waals surface area (Å²) in [7, 11) is 0. The highest BCUT2D eigenvalue weighted by Crippen LogP contribution is 2.60. The number of carbonyl (C=O) groups excluding carboxylic acids is 3. The summed E-state index contributed by atoms with van der Waals surface area (Å²) in [6.45, 7) is 1.46. The number of amides is 1. The average molecular weight is 443 g/mol. The third kappa shape index (κ3) is 2.81. The number of anilines is 1. The molecule has 8 heteroatoms. The molecule has 1 amide bonds. The van der Waals surface area contributed by atoms with Gasteiger partial charge in [-0.05, 0) is 37.0 Å². The van der Waals surface area contributed by atoms with Crippen LogP contribution in [0.1, 0.15) is 12.0 Å². The molecule has 0 radical (unpaired) electrons. The summed E-state index contributed by atoms with van der Waals surface area (Å²) in [5, 5.41) is 3.18. The number of nitrogens with one attached hydrogen (secondary N) is 1. The van der Waals surface area contributed by atoms with Crippen molar-refractivity contribution in [2.45, 2.75) is 24.3 Å². The van der Waals surface area contributed by atoms with Crippen molar-refractivity contribution in [3.63, 3.8) is 0 Å². The van der Waals surface area contributed by atoms with Gasteiger partial charge in [-0.1, -0.05) is 33.6 Å². The van der Waals surface area contributed by atoms with Crippen LogP contribution in [0.5, 0.6) is 0 Å². The molecule has 0 aromatic heterocycles. The fourth-order valence-electron chi connectivity index (χ4n) is 4.39. The zero-order valence-electron chi connectivity index (χ0n) is 13.9. The second-order valence-electron chi connectivity index (χ2n) is 7.08. The van der Waals surface area contributed by atoms with Crippen LogP contribution in [0.25, 0.3) is 0 Å². The molecule has 2 bridgehead atoms. The van der Waals surface area contributed by atoms with E-state index in [-0.39, 0.29) is 28.7 Å². The highest BCUT2D eigenvalue weighted by Gasteiger charge is 2.68. The molecule has 3 aliphatic rings. The molecule has 2 saturated carbocycles. The van der Waals surface area contributed by atoms with E-state index >= 15 is 0 Å². The molecule has 2 aliphatic carbocycles. The van der Waals surface area contributed by atoms with Gasteiger partial charge in [-0.25, -0.2) is 0 Å². The number of fused-ring (bicyclic) bond motifs is 1. The number of rotatable bonds is 4. The van der Waals surface area contributed by atoms with E-state index in [9.17, 15) is 14.4 Å². The van der Waals surface area contributed by atoms with Crippen LogP contribution in [0, 0.1) is 30.6 Å². The van der Waals surface area contributed by atoms with Crippen LogP contribution in [-0.4, -0.2) is 35.4 Å². The summed E-state index contributed by atoms with van der Waals surface area (Å²) in [6, 6.07) is 5.15. The fraction of sp³-hybridized carbons (Fsp3) is 0.500. The molecule has 6 atom stereocenters. The molecule has 1 saturated heterocycles. The first-order chi connectivity index (χ1) is 12.4. The number of halogens is 2. The lowest BCUT2D eigenvalue weighted by Gasteiger charge is -2.26. The molecular formula is C18H17BrClNO5. The van der Waals surface area contributed by atoms with Gasteiger partial charge in [-0.2, -0.15) is 0 Å². The van der Waals surface area contributed by atoms with Crippen molar-refractivity contribution >= 4 is 51.1 Å². The van der Waals surface area contributed by atoms with Gasteiger partial charge in [0.2, 0.25) is 0 Å². The predicted octanol–water partition coefficient (Wildman–Crippen LogP) is 2.70. The predicted molar refractivity (Wildman–Crippen MR) is 96.9 cm³/mol. The molecule has 0 unspecified atom stereocenters. The average Bonchev–Trinajstić information content (AvgIpc) is 3.20. The second-order valence-corrected chi connectivity index (χ2v) is 8.55. The quantitative estimate of drug-likeness (QED) is 0.573. The van der Waals surface area contributed by atoms with Crippen molar-refractivity contribution in [2.75, 3.05) is 11.9 Å². The molecule has 138 valence electrons. The standard InChI is InChI=1S/C18H17BrClNO5/c1-7-2-3-8(4-11(7)20)21-12(22)6-25-17(23)13-9-5-10-14(13)18(24)26-16(10)15(9)19/h2-4,9-10,13-16H,5-6H2,1H3,(H,21,22)/t9-,10-,13-,14-,15-,16+/m1/s1. The number of carbonyl (C=O) groups is 3. The summed E-state index contributed by atoms with van der Waals surface area (Å²) in [4.78, 5) is 36.6. The highest BCUT2D eigenvalue weighted by atomic mass is 79.9. The van der Waals surface area contributed by atoms with Crippen LogP contribution in [0.15, 0.2) is 18.2 Å². The van der Waals surface area contributed by atoms with Gasteiger partial charge in [0.25, 0.3) is 5.91 Å². The smallest absolute Gasteiger partial charge is 0.310 e. The highest BCUT2D eigenvalue weighted by molar-refractivity contribution is 9.09. The van der Waals surface area contributed by atoms with E-state index in [1.165, 1.54) is 0 Å². The molecule has 1 heterocycles. The van der Waals surface area contributed by atoms with Gasteiger partial charge in [0, 0.05) is 16.6 Å². The molecule has 1 aromatic rings. The Morgan fingerprint density at radius 3 is 2.88 bits per heavy atom. The molecule has 1 aliphatic heterocycles. The minimum Gasteiger partial charge on any atom is -0.461 e. The van der Waals surface area contributed by atoms with Gasteiger partial charge in [0.15, 0.2) is 6.61 Å². The molecule has 26 heavy (non-hydrogen) atoms. The monoisotopic (exact) mass is 441 g/mol. The maximum Gasteiger partial charge on any atom is 0.310 e. The number of hydrogen-bond donors (Lipinski definition) is 1. The van der Waals surface area contributed by atoms with E-state index in [1.54, 1.807) is 18.2 Å². The number of ether oxygens (including phenoxy) is 2. The van der Waals surface area contributed by atoms with E-state index in [1.807, 2.05) is 6.92 Å². The number of alkyl halides is 1. The SMILES string of the molecule is Cc1ccc(NC(=O)COC(=O)[C@@H]2[C@H]3C[C@H]4[C@H](OC(=O)[C@H]42)[C@@H]3Br)cc1Cl. The maximum atomic E-state index is 12.5. The molecular weight excluding hydrogens is 426 g/mol. The van der Waals surface area contributed by atoms with Gasteiger partial charge in [-0.15, -0.1) is 0 Å². The van der Waals surface area contributed by atoms with Gasteiger partial charge < -0.3 is 14.8 Å². The molecule has 3 fully saturated rings. The summed E-state index contributed by atoms with van der Waals surface area (Å²) in [5.41, 5.74) is 1.43. The largest absolute Gasteiger partial charge is 0.461 e. The number of esters is 2. The van der Waals surface area contributed by atoms with Gasteiger partial charge in [0.1, 0.15) is 6.10 Å². The van der Waals surface area contributed by atoms with Crippen molar-refractivity contribution < 1.29 is 23.9 Å². The summed E-state index contributed by atoms with van der Waals surface area (Å²) < 4.78 is 10.6. The number of aryl methyl sites for hydroxylation is 1. The molecule has 0 spiro atoms. The van der Waals surface area contributed by atoms with Crippen LogP contribution >= 0.6 is 27.5 Å². The van der Waals surface area contributed by atoms with E-state index < -0.39 is 30.3 Å². The van der Waals surface area contributed by atoms with Crippen molar-refractivity contribution in [1.82, 2.24) is 0 Å². The van der Waals surface area contributed by atoms with E-state index in [0.29, 0.717) is 10.7 Å². The van der Waals surface area contributed by atoms with Gasteiger partial charge in [0.05, 0.1) is 16.7 Å². The molecule has 6 nitrogen and oxygen atoms in total. The Morgan fingerprint density at radius 1 is 1.38 bits per heavy atom. The Labute approximate surface area is 163 Å². The van der Waals surface area contributed by atoms with Gasteiger partial charge in [-0.3, -0.25) is 14.4 Å². The third-order valence-corrected chi connectivity index (χ3v) is 7.20. The minimum atomic E-state index is -0.544. The van der Waals surface area contributed by atoms with Crippen LogP contribution in [0.2, 0.25) is 5.02 Å². The lowest BCUT2D eigenvalue weighted by Crippen LogP contribution is -2.39. The van der Waals surface area contributed by atoms with Gasteiger partial charge >= 0.3 is 11.9 Å². The molecule has 4 rings (SSSR count). The third-order valence-electron chi connectivity index (χ3n) is 5.60. The maximum absolute atomic E-state index is 12.5. The Morgan fingerprint density at radius 2 is 2.15 bits per heavy atom. The van der Waals surface area contributed by atoms with Crippen molar-refractivity contribution in [1.29, 1.82) is 0 Å². The van der Waals surface area contributed by atoms with Crippen LogP contribution in [-0.2, 0) is 23.9 Å². The van der Waals surface area contributed by atoms with Crippen LogP contribution in [0.4, 0.5) is 5.69 Å². The Balaban J connectivity index is 1.36. The van der Waals surface area contributed by atoms with E-state index in [0.717, 1.165) is 12.0 Å². The Kier molecular flexibility index (Phi) is 4.47. The molecule has 1 aromatic carbocycles. The Hall–Kier alpha value is -1.60. The minimum absolute atomic E-state index is 0.00733. The Bertz CT molecular complexity index is 800. The van der Waals surface area contributed by atoms with Crippen molar-refractivity contribution in [3.8, 4) is 0 Å². The number of benzene rings is 1. The summed E-state index contributed by atoms with van der Waals surface area (Å²) in [6.07, 6.45) is 0.626. The van der Waals surface area contributed by atoms with Crippen LogP contribution in [0.3, 0.4) is 0 Å². The second kappa shape index (κ2) is 6.53. The first kappa shape index (κ1) is 17.8. The topological polar surface area (TPSA) is 81.7 Å². The van der Waals surface area contributed by atoms with E-state index in [2.05, 4.69) is 21.2 Å². The van der Waals surface area contributed by atoms with Crippen LogP contribution < -0.4 is 5.32 Å². The lowest BCUT2D eigenvalue weighted by atomic mass is 9.80. The van der Waals surface area contributed by atoms with Crippen molar-refractivity contribution in [3.05, 3.63) is 28.8 Å². The van der Waals surface area contributed by atoms with E-state index in [4.69, 9.17) is 21.1 Å². The first-order valence-corrected chi connectivity index (χ1v) is 9.73. The molecule has 1 N–H and O–H groups in total. The zero-order valence-corrected chi connectivity index (χ0v) is 16.2. The fourth-order valence-corrected chi connectivity index (χ4v) is 5.62. The first-order valence-electron chi connectivity index (χ1n) is 8.44. The normalized spacial score (nSPS) is 33.9. The summed E-state index contributed by atoms with van der Waals surface area (Å²) >= 11 is 9.57. The zero-order chi connectivity index (χ0) is 18.6. The summed E-state index contributed by atoms with van der Waals surface area (Å²) in [5.74, 6) is -2.21. The number of hydrogen-bond acceptors (Lipinski definition) is 5. The van der Waals surface area contributed by atoms with Crippen molar-refractivity contribution in [2.24, 2.45) is 23.7 Å².